The Bertz CT molecular complexity index is 377. The van der Waals surface area contributed by atoms with Gasteiger partial charge < -0.3 is 15.2 Å². The molecule has 1 unspecified atom stereocenters. The van der Waals surface area contributed by atoms with E-state index < -0.39 is 0 Å². The minimum atomic E-state index is 0.0735. The Kier molecular flexibility index (Phi) is 32.8. The van der Waals surface area contributed by atoms with E-state index in [0.717, 1.165) is 19.6 Å². The van der Waals surface area contributed by atoms with E-state index in [-0.39, 0.29) is 6.10 Å². The van der Waals surface area contributed by atoms with Crippen molar-refractivity contribution in [3.63, 3.8) is 0 Å². The predicted octanol–water partition coefficient (Wildman–Crippen LogP) is 10.5. The van der Waals surface area contributed by atoms with Crippen molar-refractivity contribution in [1.82, 2.24) is 0 Å². The topological polar surface area (TPSA) is 44.5 Å². The molecular weight excluding hydrogens is 442 g/mol. The van der Waals surface area contributed by atoms with Crippen LogP contribution in [0.3, 0.4) is 0 Å². The van der Waals surface area contributed by atoms with Crippen LogP contribution in [-0.2, 0) is 9.47 Å². The smallest absolute Gasteiger partial charge is 0.0930 e. The first-order valence-electron chi connectivity index (χ1n) is 16.7. The van der Waals surface area contributed by atoms with Gasteiger partial charge in [0, 0.05) is 19.8 Å². The largest absolute Gasteiger partial charge is 0.379 e. The number of hydrogen-bond acceptors (Lipinski definition) is 3. The maximum absolute atomic E-state index is 5.96. The molecule has 0 rings (SSSR count). The number of hydrogen-bond donors (Lipinski definition) is 1. The summed E-state index contributed by atoms with van der Waals surface area (Å²) in [5.74, 6) is 0. The molecular formula is C33H69NO2. The lowest BCUT2D eigenvalue weighted by Gasteiger charge is -2.16. The lowest BCUT2D eigenvalue weighted by Crippen LogP contribution is -2.29. The molecule has 1 atom stereocenters. The van der Waals surface area contributed by atoms with Crippen LogP contribution in [0.1, 0.15) is 181 Å². The molecule has 0 saturated heterocycles. The van der Waals surface area contributed by atoms with Gasteiger partial charge in [0.25, 0.3) is 0 Å². The van der Waals surface area contributed by atoms with Gasteiger partial charge in [-0.05, 0) is 12.8 Å². The summed E-state index contributed by atoms with van der Waals surface area (Å²) >= 11 is 0. The maximum Gasteiger partial charge on any atom is 0.0930 e. The first-order chi connectivity index (χ1) is 17.8. The minimum Gasteiger partial charge on any atom is -0.379 e. The fourth-order valence-electron chi connectivity index (χ4n) is 4.99. The average Bonchev–Trinajstić information content (AvgIpc) is 2.89. The molecule has 218 valence electrons. The van der Waals surface area contributed by atoms with E-state index in [2.05, 4.69) is 13.8 Å². The van der Waals surface area contributed by atoms with Crippen LogP contribution >= 0.6 is 0 Å². The lowest BCUT2D eigenvalue weighted by molar-refractivity contribution is -0.0136. The van der Waals surface area contributed by atoms with Crippen molar-refractivity contribution in [2.45, 2.75) is 187 Å². The summed E-state index contributed by atoms with van der Waals surface area (Å²) in [4.78, 5) is 0. The molecule has 0 aliphatic rings. The van der Waals surface area contributed by atoms with Crippen LogP contribution in [0.15, 0.2) is 0 Å². The molecule has 3 heteroatoms. The summed E-state index contributed by atoms with van der Waals surface area (Å²) < 4.78 is 11.8. The highest BCUT2D eigenvalue weighted by Gasteiger charge is 2.07. The Balaban J connectivity index is 3.25. The summed E-state index contributed by atoms with van der Waals surface area (Å²) in [6.07, 6.45) is 36.1. The molecule has 2 N–H and O–H groups in total. The zero-order valence-corrected chi connectivity index (χ0v) is 25.2. The van der Waals surface area contributed by atoms with Gasteiger partial charge in [-0.25, -0.2) is 0 Å². The molecule has 0 aromatic heterocycles. The Morgan fingerprint density at radius 2 is 0.722 bits per heavy atom. The monoisotopic (exact) mass is 512 g/mol. The van der Waals surface area contributed by atoms with Gasteiger partial charge in [0.2, 0.25) is 0 Å². The average molecular weight is 512 g/mol. The zero-order chi connectivity index (χ0) is 26.2. The molecule has 0 heterocycles. The third-order valence-electron chi connectivity index (χ3n) is 7.56. The summed E-state index contributed by atoms with van der Waals surface area (Å²) in [6.45, 7) is 7.50. The molecule has 0 aromatic carbocycles. The van der Waals surface area contributed by atoms with Crippen molar-refractivity contribution in [1.29, 1.82) is 0 Å². The number of nitrogens with two attached hydrogens (primary N) is 1. The van der Waals surface area contributed by atoms with E-state index in [1.165, 1.54) is 161 Å². The summed E-state index contributed by atoms with van der Waals surface area (Å²) in [6, 6.07) is 0. The van der Waals surface area contributed by atoms with Crippen LogP contribution in [-0.4, -0.2) is 32.5 Å². The number of ether oxygens (including phenoxy) is 2. The Morgan fingerprint density at radius 1 is 0.417 bits per heavy atom. The van der Waals surface area contributed by atoms with Crippen LogP contribution in [0.4, 0.5) is 0 Å². The Hall–Kier alpha value is -0.120. The number of unbranched alkanes of at least 4 members (excludes halogenated alkanes) is 24. The van der Waals surface area contributed by atoms with Gasteiger partial charge in [0.1, 0.15) is 0 Å². The quantitative estimate of drug-likeness (QED) is 0.0913. The first-order valence-corrected chi connectivity index (χ1v) is 16.7. The molecule has 0 amide bonds. The highest BCUT2D eigenvalue weighted by Crippen LogP contribution is 2.14. The van der Waals surface area contributed by atoms with E-state index in [9.17, 15) is 0 Å². The highest BCUT2D eigenvalue weighted by molar-refractivity contribution is 4.58. The summed E-state index contributed by atoms with van der Waals surface area (Å²) in [7, 11) is 0. The summed E-state index contributed by atoms with van der Waals surface area (Å²) in [5.41, 5.74) is 5.88. The Labute approximate surface area is 228 Å². The molecule has 36 heavy (non-hydrogen) atoms. The second kappa shape index (κ2) is 32.9. The molecule has 0 aliphatic heterocycles. The van der Waals surface area contributed by atoms with E-state index in [4.69, 9.17) is 15.2 Å². The molecule has 0 spiro atoms. The first kappa shape index (κ1) is 35.9. The van der Waals surface area contributed by atoms with Crippen LogP contribution < -0.4 is 5.73 Å². The van der Waals surface area contributed by atoms with Gasteiger partial charge in [-0.1, -0.05) is 168 Å². The van der Waals surface area contributed by atoms with Gasteiger partial charge in [-0.15, -0.1) is 0 Å². The van der Waals surface area contributed by atoms with Crippen LogP contribution in [0.2, 0.25) is 0 Å². The van der Waals surface area contributed by atoms with Crippen molar-refractivity contribution in [3.8, 4) is 0 Å². The molecule has 0 radical (unpaired) electrons. The van der Waals surface area contributed by atoms with Gasteiger partial charge in [0.15, 0.2) is 0 Å². The van der Waals surface area contributed by atoms with E-state index >= 15 is 0 Å². The van der Waals surface area contributed by atoms with Crippen molar-refractivity contribution in [2.24, 2.45) is 5.73 Å². The van der Waals surface area contributed by atoms with E-state index in [1.807, 2.05) is 0 Å². The van der Waals surface area contributed by atoms with Crippen LogP contribution in [0.25, 0.3) is 0 Å². The fourth-order valence-corrected chi connectivity index (χ4v) is 4.99. The fraction of sp³-hybridized carbons (Fsp3) is 1.00. The minimum absolute atomic E-state index is 0.0735. The summed E-state index contributed by atoms with van der Waals surface area (Å²) in [5, 5.41) is 0. The third-order valence-corrected chi connectivity index (χ3v) is 7.56. The van der Waals surface area contributed by atoms with E-state index in [1.54, 1.807) is 0 Å². The second-order valence-corrected chi connectivity index (χ2v) is 11.3. The predicted molar refractivity (Wildman–Crippen MR) is 161 cm³/mol. The zero-order valence-electron chi connectivity index (χ0n) is 25.2. The third kappa shape index (κ3) is 30.1. The van der Waals surface area contributed by atoms with Crippen molar-refractivity contribution in [3.05, 3.63) is 0 Å². The second-order valence-electron chi connectivity index (χ2n) is 11.3. The molecule has 0 aromatic rings. The molecule has 0 aliphatic carbocycles. The molecule has 0 fully saturated rings. The van der Waals surface area contributed by atoms with Crippen molar-refractivity contribution < 1.29 is 9.47 Å². The van der Waals surface area contributed by atoms with Crippen LogP contribution in [0.5, 0.6) is 0 Å². The molecule has 3 nitrogen and oxygen atoms in total. The van der Waals surface area contributed by atoms with Crippen LogP contribution in [0, 0.1) is 0 Å². The normalized spacial score (nSPS) is 12.4. The van der Waals surface area contributed by atoms with Crippen molar-refractivity contribution >= 4 is 0 Å². The number of rotatable bonds is 32. The standard InChI is InChI=1S/C33H69NO2/c1-3-5-7-9-11-13-15-17-18-19-21-23-25-27-29-35-32-33(31-34)36-30-28-26-24-22-20-16-14-12-10-8-6-4-2/h33H,3-32,34H2,1-2H3. The van der Waals surface area contributed by atoms with E-state index in [0.29, 0.717) is 13.2 Å². The van der Waals surface area contributed by atoms with Gasteiger partial charge in [-0.2, -0.15) is 0 Å². The van der Waals surface area contributed by atoms with Gasteiger partial charge in [-0.3, -0.25) is 0 Å². The van der Waals surface area contributed by atoms with Gasteiger partial charge in [0.05, 0.1) is 12.7 Å². The maximum atomic E-state index is 5.96. The van der Waals surface area contributed by atoms with Crippen molar-refractivity contribution in [2.75, 3.05) is 26.4 Å². The Morgan fingerprint density at radius 3 is 1.06 bits per heavy atom. The SMILES string of the molecule is CCCCCCCCCCCCCCCCOCC(CN)OCCCCCCCCCCCCCC. The highest BCUT2D eigenvalue weighted by atomic mass is 16.5. The van der Waals surface area contributed by atoms with Gasteiger partial charge >= 0.3 is 0 Å². The molecule has 0 saturated carbocycles. The lowest BCUT2D eigenvalue weighted by atomic mass is 10.0. The molecule has 0 bridgehead atoms.